The molecule has 2 saturated heterocycles. The SMILES string of the molecule is CCC1(C)NC(=O)N(NC(=O)CN2CCN(CCOc3ccc(Cl)cc3)CC2)C1=O. The number of nitrogens with zero attached hydrogens (tertiary/aromatic N) is 3. The fourth-order valence-electron chi connectivity index (χ4n) is 3.38. The second kappa shape index (κ2) is 9.63. The van der Waals surface area contributed by atoms with Gasteiger partial charge in [0, 0.05) is 37.7 Å². The minimum Gasteiger partial charge on any atom is -0.492 e. The summed E-state index contributed by atoms with van der Waals surface area (Å²) < 4.78 is 5.72. The van der Waals surface area contributed by atoms with E-state index in [0.29, 0.717) is 18.1 Å². The highest BCUT2D eigenvalue weighted by Gasteiger charge is 2.47. The molecular weight excluding hydrogens is 410 g/mol. The zero-order chi connectivity index (χ0) is 21.7. The first kappa shape index (κ1) is 22.3. The molecule has 3 rings (SSSR count). The van der Waals surface area contributed by atoms with E-state index in [-0.39, 0.29) is 12.5 Å². The van der Waals surface area contributed by atoms with Crippen molar-refractivity contribution >= 4 is 29.4 Å². The van der Waals surface area contributed by atoms with Crippen LogP contribution in [-0.4, -0.2) is 84.1 Å². The van der Waals surface area contributed by atoms with Crippen molar-refractivity contribution in [1.29, 1.82) is 0 Å². The molecule has 1 aromatic rings. The van der Waals surface area contributed by atoms with Gasteiger partial charge < -0.3 is 10.1 Å². The molecule has 30 heavy (non-hydrogen) atoms. The monoisotopic (exact) mass is 437 g/mol. The Labute approximate surface area is 181 Å². The fraction of sp³-hybridized carbons (Fsp3) is 0.550. The van der Waals surface area contributed by atoms with Crippen LogP contribution in [0.3, 0.4) is 0 Å². The van der Waals surface area contributed by atoms with Crippen molar-refractivity contribution in [3.05, 3.63) is 29.3 Å². The molecule has 0 aromatic heterocycles. The van der Waals surface area contributed by atoms with Crippen molar-refractivity contribution in [2.24, 2.45) is 0 Å². The van der Waals surface area contributed by atoms with Crippen molar-refractivity contribution in [2.45, 2.75) is 25.8 Å². The lowest BCUT2D eigenvalue weighted by Gasteiger charge is -2.34. The molecule has 1 unspecified atom stereocenters. The smallest absolute Gasteiger partial charge is 0.344 e. The van der Waals surface area contributed by atoms with Crippen LogP contribution in [0.2, 0.25) is 5.02 Å². The highest BCUT2D eigenvalue weighted by molar-refractivity contribution is 6.30. The molecule has 1 atom stereocenters. The van der Waals surface area contributed by atoms with Gasteiger partial charge in [-0.2, -0.15) is 5.01 Å². The first-order chi connectivity index (χ1) is 14.3. The van der Waals surface area contributed by atoms with Crippen LogP contribution in [0.5, 0.6) is 5.75 Å². The largest absolute Gasteiger partial charge is 0.492 e. The first-order valence-electron chi connectivity index (χ1n) is 10.1. The fourth-order valence-corrected chi connectivity index (χ4v) is 3.51. The molecule has 0 radical (unpaired) electrons. The number of urea groups is 1. The van der Waals surface area contributed by atoms with E-state index >= 15 is 0 Å². The number of halogens is 1. The maximum absolute atomic E-state index is 12.3. The molecule has 2 fully saturated rings. The third-order valence-electron chi connectivity index (χ3n) is 5.53. The second-order valence-corrected chi connectivity index (χ2v) is 8.15. The summed E-state index contributed by atoms with van der Waals surface area (Å²) in [6.07, 6.45) is 0.452. The van der Waals surface area contributed by atoms with Crippen molar-refractivity contribution in [3.63, 3.8) is 0 Å². The zero-order valence-corrected chi connectivity index (χ0v) is 18.1. The Hall–Kier alpha value is -2.36. The maximum atomic E-state index is 12.3. The van der Waals surface area contributed by atoms with Gasteiger partial charge in [-0.15, -0.1) is 0 Å². The summed E-state index contributed by atoms with van der Waals surface area (Å²) >= 11 is 5.86. The quantitative estimate of drug-likeness (QED) is 0.591. The van der Waals surface area contributed by atoms with Gasteiger partial charge in [-0.05, 0) is 37.6 Å². The molecule has 0 bridgehead atoms. The molecule has 164 valence electrons. The molecule has 2 aliphatic heterocycles. The Kier molecular flexibility index (Phi) is 7.17. The van der Waals surface area contributed by atoms with E-state index in [1.807, 2.05) is 24.0 Å². The molecule has 2 aliphatic rings. The van der Waals surface area contributed by atoms with Gasteiger partial charge in [0.15, 0.2) is 0 Å². The Balaban J connectivity index is 1.36. The number of hydrazine groups is 1. The number of nitrogens with one attached hydrogen (secondary N) is 2. The van der Waals surface area contributed by atoms with Crippen LogP contribution >= 0.6 is 11.6 Å². The summed E-state index contributed by atoms with van der Waals surface area (Å²) in [5, 5.41) is 4.08. The number of imide groups is 1. The number of carbonyl (C=O) groups excluding carboxylic acids is 3. The molecule has 2 N–H and O–H groups in total. The molecule has 0 saturated carbocycles. The molecular formula is C20H28ClN5O4. The second-order valence-electron chi connectivity index (χ2n) is 7.71. The summed E-state index contributed by atoms with van der Waals surface area (Å²) in [5.41, 5.74) is 1.46. The predicted molar refractivity (Wildman–Crippen MR) is 112 cm³/mol. The number of hydrogen-bond acceptors (Lipinski definition) is 6. The molecule has 0 aliphatic carbocycles. The van der Waals surface area contributed by atoms with Crippen molar-refractivity contribution < 1.29 is 19.1 Å². The first-order valence-corrected chi connectivity index (χ1v) is 10.5. The normalized spacial score (nSPS) is 22.8. The number of carbonyl (C=O) groups is 3. The lowest BCUT2D eigenvalue weighted by atomic mass is 10.00. The van der Waals surface area contributed by atoms with Crippen LogP contribution in [0, 0.1) is 0 Å². The van der Waals surface area contributed by atoms with Gasteiger partial charge in [0.2, 0.25) is 0 Å². The number of benzene rings is 1. The van der Waals surface area contributed by atoms with E-state index in [9.17, 15) is 14.4 Å². The Morgan fingerprint density at radius 3 is 2.40 bits per heavy atom. The van der Waals surface area contributed by atoms with E-state index in [2.05, 4.69) is 15.6 Å². The van der Waals surface area contributed by atoms with Gasteiger partial charge in [0.25, 0.3) is 11.8 Å². The van der Waals surface area contributed by atoms with Gasteiger partial charge in [-0.1, -0.05) is 18.5 Å². The van der Waals surface area contributed by atoms with Crippen LogP contribution in [0.1, 0.15) is 20.3 Å². The van der Waals surface area contributed by atoms with Gasteiger partial charge in [-0.25, -0.2) is 4.79 Å². The molecule has 4 amide bonds. The highest BCUT2D eigenvalue weighted by atomic mass is 35.5. The maximum Gasteiger partial charge on any atom is 0.344 e. The van der Waals surface area contributed by atoms with E-state index < -0.39 is 17.5 Å². The van der Waals surface area contributed by atoms with E-state index in [0.717, 1.165) is 43.5 Å². The van der Waals surface area contributed by atoms with Gasteiger partial charge in [0.1, 0.15) is 17.9 Å². The summed E-state index contributed by atoms with van der Waals surface area (Å²) in [7, 11) is 0. The third kappa shape index (κ3) is 5.41. The number of hydrogen-bond donors (Lipinski definition) is 2. The molecule has 10 heteroatoms. The minimum absolute atomic E-state index is 0.134. The lowest BCUT2D eigenvalue weighted by molar-refractivity contribution is -0.139. The average Bonchev–Trinajstić information content (AvgIpc) is 2.94. The molecule has 2 heterocycles. The van der Waals surface area contributed by atoms with Gasteiger partial charge >= 0.3 is 6.03 Å². The predicted octanol–water partition coefficient (Wildman–Crippen LogP) is 1.09. The lowest BCUT2D eigenvalue weighted by Crippen LogP contribution is -2.54. The molecule has 9 nitrogen and oxygen atoms in total. The number of rotatable bonds is 8. The van der Waals surface area contributed by atoms with Gasteiger partial charge in [-0.3, -0.25) is 24.8 Å². The van der Waals surface area contributed by atoms with Crippen LogP contribution < -0.4 is 15.5 Å². The van der Waals surface area contributed by atoms with E-state index in [1.54, 1.807) is 19.1 Å². The summed E-state index contributed by atoms with van der Waals surface area (Å²) in [4.78, 5) is 40.9. The third-order valence-corrected chi connectivity index (χ3v) is 5.78. The van der Waals surface area contributed by atoms with E-state index in [1.165, 1.54) is 0 Å². The van der Waals surface area contributed by atoms with E-state index in [4.69, 9.17) is 16.3 Å². The van der Waals surface area contributed by atoms with Crippen LogP contribution in [0.15, 0.2) is 24.3 Å². The zero-order valence-electron chi connectivity index (χ0n) is 17.3. The Morgan fingerprint density at radius 2 is 1.80 bits per heavy atom. The molecule has 0 spiro atoms. The Bertz CT molecular complexity index is 782. The van der Waals surface area contributed by atoms with Crippen LogP contribution in [-0.2, 0) is 9.59 Å². The van der Waals surface area contributed by atoms with Crippen LogP contribution in [0.25, 0.3) is 0 Å². The summed E-state index contributed by atoms with van der Waals surface area (Å²) in [6.45, 7) is 8.03. The van der Waals surface area contributed by atoms with Crippen molar-refractivity contribution in [2.75, 3.05) is 45.9 Å². The summed E-state index contributed by atoms with van der Waals surface area (Å²) in [5.74, 6) is -0.0263. The topological polar surface area (TPSA) is 94.2 Å². The van der Waals surface area contributed by atoms with Crippen LogP contribution in [0.4, 0.5) is 4.79 Å². The highest BCUT2D eigenvalue weighted by Crippen LogP contribution is 2.19. The van der Waals surface area contributed by atoms with Crippen molar-refractivity contribution in [1.82, 2.24) is 25.6 Å². The Morgan fingerprint density at radius 1 is 1.17 bits per heavy atom. The summed E-state index contributed by atoms with van der Waals surface area (Å²) in [6, 6.07) is 6.68. The molecule has 1 aromatic carbocycles. The van der Waals surface area contributed by atoms with Gasteiger partial charge in [0.05, 0.1) is 6.54 Å². The average molecular weight is 438 g/mol. The number of amides is 4. The number of ether oxygens (including phenoxy) is 1. The number of piperazine rings is 1. The standard InChI is InChI=1S/C20H28ClN5O4/c1-3-20(2)18(28)26(19(29)22-20)23-17(27)14-25-10-8-24(9-11-25)12-13-30-16-6-4-15(21)5-7-16/h4-7H,3,8-14H2,1-2H3,(H,22,29)(H,23,27). The van der Waals surface area contributed by atoms with Crippen molar-refractivity contribution in [3.8, 4) is 5.75 Å². The minimum atomic E-state index is -0.968.